The molecule has 2 N–H and O–H groups in total. The van der Waals surface area contributed by atoms with Crippen molar-refractivity contribution < 1.29 is 14.3 Å². The molecule has 0 saturated carbocycles. The summed E-state index contributed by atoms with van der Waals surface area (Å²) in [5, 5.41) is 11.7. The number of rotatable bonds is 4. The minimum absolute atomic E-state index is 0.236. The van der Waals surface area contributed by atoms with Gasteiger partial charge in [-0.05, 0) is 31.5 Å². The molecule has 0 aliphatic rings. The van der Waals surface area contributed by atoms with Gasteiger partial charge in [-0.2, -0.15) is 0 Å². The van der Waals surface area contributed by atoms with Crippen LogP contribution in [-0.2, 0) is 0 Å². The van der Waals surface area contributed by atoms with E-state index in [1.54, 1.807) is 6.07 Å². The highest BCUT2D eigenvalue weighted by atomic mass is 19.1. The minimum Gasteiger partial charge on any atom is -0.478 e. The van der Waals surface area contributed by atoms with E-state index >= 15 is 0 Å². The van der Waals surface area contributed by atoms with Crippen LogP contribution < -0.4 is 5.32 Å². The lowest BCUT2D eigenvalue weighted by molar-refractivity contribution is 0.0692. The summed E-state index contributed by atoms with van der Waals surface area (Å²) >= 11 is 0. The van der Waals surface area contributed by atoms with E-state index in [2.05, 4.69) is 5.32 Å². The molecule has 0 fully saturated rings. The van der Waals surface area contributed by atoms with Gasteiger partial charge in [0.25, 0.3) is 0 Å². The Morgan fingerprint density at radius 2 is 2.27 bits per heavy atom. The standard InChI is InChI=1S/C11H14FNO2/c1-3-7(2)13-8-4-5-9(11(14)15)10(12)6-8/h4-7,13H,3H2,1-2H3,(H,14,15). The Morgan fingerprint density at radius 3 is 2.73 bits per heavy atom. The Balaban J connectivity index is 2.87. The molecular formula is C11H14FNO2. The third-order valence-electron chi connectivity index (χ3n) is 2.22. The molecule has 4 heteroatoms. The van der Waals surface area contributed by atoms with Crippen LogP contribution in [-0.4, -0.2) is 17.1 Å². The molecule has 1 unspecified atom stereocenters. The Bertz CT molecular complexity index is 366. The number of nitrogens with one attached hydrogen (secondary N) is 1. The summed E-state index contributed by atoms with van der Waals surface area (Å²) in [7, 11) is 0. The van der Waals surface area contributed by atoms with Crippen molar-refractivity contribution >= 4 is 11.7 Å². The summed E-state index contributed by atoms with van der Waals surface area (Å²) < 4.78 is 13.2. The fourth-order valence-corrected chi connectivity index (χ4v) is 1.16. The number of hydrogen-bond acceptors (Lipinski definition) is 2. The van der Waals surface area contributed by atoms with Crippen molar-refractivity contribution in [3.8, 4) is 0 Å². The molecule has 0 radical (unpaired) electrons. The molecule has 1 rings (SSSR count). The van der Waals surface area contributed by atoms with E-state index in [0.29, 0.717) is 5.69 Å². The van der Waals surface area contributed by atoms with Gasteiger partial charge in [-0.3, -0.25) is 0 Å². The third kappa shape index (κ3) is 2.94. The first-order valence-corrected chi connectivity index (χ1v) is 4.84. The fourth-order valence-electron chi connectivity index (χ4n) is 1.16. The number of anilines is 1. The molecule has 1 aromatic rings. The Morgan fingerprint density at radius 1 is 1.60 bits per heavy atom. The second-order valence-corrected chi connectivity index (χ2v) is 3.45. The van der Waals surface area contributed by atoms with E-state index in [9.17, 15) is 9.18 Å². The number of carbonyl (C=O) groups is 1. The van der Waals surface area contributed by atoms with Crippen LogP contribution in [0.4, 0.5) is 10.1 Å². The molecule has 0 bridgehead atoms. The van der Waals surface area contributed by atoms with Gasteiger partial charge in [-0.1, -0.05) is 6.92 Å². The van der Waals surface area contributed by atoms with E-state index in [4.69, 9.17) is 5.11 Å². The average Bonchev–Trinajstić information content (AvgIpc) is 2.17. The monoisotopic (exact) mass is 211 g/mol. The largest absolute Gasteiger partial charge is 0.478 e. The van der Waals surface area contributed by atoms with Gasteiger partial charge >= 0.3 is 5.97 Å². The second kappa shape index (κ2) is 4.77. The summed E-state index contributed by atoms with van der Waals surface area (Å²) in [6.45, 7) is 3.99. The van der Waals surface area contributed by atoms with Gasteiger partial charge in [0.1, 0.15) is 5.82 Å². The van der Waals surface area contributed by atoms with Crippen LogP contribution in [0.1, 0.15) is 30.6 Å². The smallest absolute Gasteiger partial charge is 0.338 e. The summed E-state index contributed by atoms with van der Waals surface area (Å²) in [5.74, 6) is -1.96. The van der Waals surface area contributed by atoms with Crippen LogP contribution in [0.3, 0.4) is 0 Å². The molecule has 1 atom stereocenters. The van der Waals surface area contributed by atoms with Crippen LogP contribution in [0.5, 0.6) is 0 Å². The topological polar surface area (TPSA) is 49.3 Å². The van der Waals surface area contributed by atoms with Gasteiger partial charge in [0.2, 0.25) is 0 Å². The van der Waals surface area contributed by atoms with E-state index < -0.39 is 11.8 Å². The summed E-state index contributed by atoms with van der Waals surface area (Å²) in [4.78, 5) is 10.6. The highest BCUT2D eigenvalue weighted by molar-refractivity contribution is 5.88. The zero-order chi connectivity index (χ0) is 11.4. The molecule has 3 nitrogen and oxygen atoms in total. The zero-order valence-corrected chi connectivity index (χ0v) is 8.75. The van der Waals surface area contributed by atoms with Crippen molar-refractivity contribution in [2.24, 2.45) is 0 Å². The summed E-state index contributed by atoms with van der Waals surface area (Å²) in [6.07, 6.45) is 0.919. The second-order valence-electron chi connectivity index (χ2n) is 3.45. The van der Waals surface area contributed by atoms with Crippen molar-refractivity contribution in [2.45, 2.75) is 26.3 Å². The summed E-state index contributed by atoms with van der Waals surface area (Å²) in [5.41, 5.74) is 0.302. The first kappa shape index (κ1) is 11.5. The van der Waals surface area contributed by atoms with Gasteiger partial charge in [-0.25, -0.2) is 9.18 Å². The molecular weight excluding hydrogens is 197 g/mol. The maximum Gasteiger partial charge on any atom is 0.338 e. The lowest BCUT2D eigenvalue weighted by atomic mass is 10.1. The molecule has 0 saturated heterocycles. The Labute approximate surface area is 87.9 Å². The Kier molecular flexibility index (Phi) is 3.66. The summed E-state index contributed by atoms with van der Waals surface area (Å²) in [6, 6.07) is 4.27. The molecule has 1 aromatic carbocycles. The lowest BCUT2D eigenvalue weighted by Crippen LogP contribution is -2.13. The quantitative estimate of drug-likeness (QED) is 0.805. The highest BCUT2D eigenvalue weighted by Crippen LogP contribution is 2.15. The maximum absolute atomic E-state index is 13.2. The molecule has 0 aliphatic carbocycles. The molecule has 0 heterocycles. The number of halogens is 1. The predicted octanol–water partition coefficient (Wildman–Crippen LogP) is 2.73. The Hall–Kier alpha value is -1.58. The van der Waals surface area contributed by atoms with Crippen molar-refractivity contribution in [3.05, 3.63) is 29.6 Å². The van der Waals surface area contributed by atoms with Crippen LogP contribution in [0.2, 0.25) is 0 Å². The lowest BCUT2D eigenvalue weighted by Gasteiger charge is -2.13. The van der Waals surface area contributed by atoms with Gasteiger partial charge in [-0.15, -0.1) is 0 Å². The normalized spacial score (nSPS) is 12.2. The molecule has 0 aromatic heterocycles. The average molecular weight is 211 g/mol. The third-order valence-corrected chi connectivity index (χ3v) is 2.22. The molecule has 0 spiro atoms. The van der Waals surface area contributed by atoms with Crippen molar-refractivity contribution in [3.63, 3.8) is 0 Å². The minimum atomic E-state index is -1.25. The molecule has 15 heavy (non-hydrogen) atoms. The fraction of sp³-hybridized carbons (Fsp3) is 0.364. The molecule has 82 valence electrons. The zero-order valence-electron chi connectivity index (χ0n) is 8.75. The van der Waals surface area contributed by atoms with Crippen molar-refractivity contribution in [1.29, 1.82) is 0 Å². The number of carboxylic acid groups (broad SMARTS) is 1. The van der Waals surface area contributed by atoms with Crippen LogP contribution in [0.25, 0.3) is 0 Å². The molecule has 0 aliphatic heterocycles. The number of carboxylic acids is 1. The predicted molar refractivity (Wildman–Crippen MR) is 56.7 cm³/mol. The number of aromatic carboxylic acids is 1. The SMILES string of the molecule is CCC(C)Nc1ccc(C(=O)O)c(F)c1. The van der Waals surface area contributed by atoms with Gasteiger partial charge < -0.3 is 10.4 Å². The van der Waals surface area contributed by atoms with Crippen LogP contribution in [0.15, 0.2) is 18.2 Å². The van der Waals surface area contributed by atoms with E-state index in [1.165, 1.54) is 12.1 Å². The first-order valence-electron chi connectivity index (χ1n) is 4.84. The van der Waals surface area contributed by atoms with E-state index in [0.717, 1.165) is 6.42 Å². The maximum atomic E-state index is 13.2. The molecule has 0 amide bonds. The van der Waals surface area contributed by atoms with Gasteiger partial charge in [0, 0.05) is 11.7 Å². The van der Waals surface area contributed by atoms with E-state index in [1.807, 2.05) is 13.8 Å². The van der Waals surface area contributed by atoms with Gasteiger partial charge in [0.15, 0.2) is 0 Å². The van der Waals surface area contributed by atoms with Crippen LogP contribution in [0, 0.1) is 5.82 Å². The van der Waals surface area contributed by atoms with Gasteiger partial charge in [0.05, 0.1) is 5.56 Å². The van der Waals surface area contributed by atoms with E-state index in [-0.39, 0.29) is 11.6 Å². The van der Waals surface area contributed by atoms with Crippen molar-refractivity contribution in [2.75, 3.05) is 5.32 Å². The first-order chi connectivity index (χ1) is 7.04. The van der Waals surface area contributed by atoms with Crippen molar-refractivity contribution in [1.82, 2.24) is 0 Å². The van der Waals surface area contributed by atoms with Crippen LogP contribution >= 0.6 is 0 Å². The highest BCUT2D eigenvalue weighted by Gasteiger charge is 2.10. The number of hydrogen-bond donors (Lipinski definition) is 2. The number of benzene rings is 1.